The van der Waals surface area contributed by atoms with E-state index in [0.717, 1.165) is 9.80 Å². The second-order valence-corrected chi connectivity index (χ2v) is 5.61. The summed E-state index contributed by atoms with van der Waals surface area (Å²) in [6.07, 6.45) is 1.83. The molecule has 0 saturated carbocycles. The van der Waals surface area contributed by atoms with Crippen molar-refractivity contribution in [2.75, 3.05) is 39.3 Å². The largest absolute Gasteiger partial charge is 0.480 e. The lowest BCUT2D eigenvalue weighted by molar-refractivity contribution is -0.145. The molecular weight excluding hydrogens is 372 g/mol. The van der Waals surface area contributed by atoms with Gasteiger partial charge < -0.3 is 20.4 Å². The average Bonchev–Trinajstić information content (AvgIpc) is 2.59. The van der Waals surface area contributed by atoms with Gasteiger partial charge in [-0.15, -0.1) is 0 Å². The molecule has 0 amide bonds. The van der Waals surface area contributed by atoms with Crippen molar-refractivity contribution in [3.05, 3.63) is 42.5 Å². The van der Waals surface area contributed by atoms with Crippen LogP contribution in [0.5, 0.6) is 0 Å². The molecule has 0 aliphatic heterocycles. The van der Waals surface area contributed by atoms with Gasteiger partial charge in [0.1, 0.15) is 0 Å². The summed E-state index contributed by atoms with van der Waals surface area (Å²) in [5.41, 5.74) is 1.17. The van der Waals surface area contributed by atoms with Crippen LogP contribution < -0.4 is 0 Å². The molecule has 1 aromatic carbocycles. The predicted molar refractivity (Wildman–Crippen MR) is 100.0 cm³/mol. The maximum atomic E-state index is 10.6. The third-order valence-electron chi connectivity index (χ3n) is 3.20. The molecule has 0 saturated heterocycles. The highest BCUT2D eigenvalue weighted by Crippen LogP contribution is 1.97. The first kappa shape index (κ1) is 24.8. The van der Waals surface area contributed by atoms with Crippen molar-refractivity contribution in [2.45, 2.75) is 0 Å². The molecule has 0 aromatic heterocycles. The minimum Gasteiger partial charge on any atom is -0.480 e. The van der Waals surface area contributed by atoms with E-state index in [0.29, 0.717) is 0 Å². The molecule has 154 valence electrons. The van der Waals surface area contributed by atoms with Crippen molar-refractivity contribution in [2.24, 2.45) is 0 Å². The van der Waals surface area contributed by atoms with E-state index in [1.165, 1.54) is 5.56 Å². The maximum absolute atomic E-state index is 10.6. The Hall–Kier alpha value is -3.24. The van der Waals surface area contributed by atoms with Gasteiger partial charge in [0.2, 0.25) is 0 Å². The first-order chi connectivity index (χ1) is 13.1. The van der Waals surface area contributed by atoms with Crippen molar-refractivity contribution in [3.8, 4) is 0 Å². The van der Waals surface area contributed by atoms with Crippen molar-refractivity contribution >= 4 is 30.0 Å². The summed E-state index contributed by atoms with van der Waals surface area (Å²) in [7, 11) is 0. The number of carboxylic acids is 4. The summed E-state index contributed by atoms with van der Waals surface area (Å²) in [4.78, 5) is 44.4. The molecule has 0 heterocycles. The molecule has 1 rings (SSSR count). The lowest BCUT2D eigenvalue weighted by Crippen LogP contribution is -2.43. The fourth-order valence-electron chi connectivity index (χ4n) is 2.07. The minimum absolute atomic E-state index is 0.0703. The summed E-state index contributed by atoms with van der Waals surface area (Å²) in [5.74, 6) is -4.91. The first-order valence-corrected chi connectivity index (χ1v) is 8.13. The highest BCUT2D eigenvalue weighted by atomic mass is 16.4. The fraction of sp³-hybridized carbons (Fsp3) is 0.333. The predicted octanol–water partition coefficient (Wildman–Crippen LogP) is 0.258. The molecule has 0 spiro atoms. The van der Waals surface area contributed by atoms with Crippen LogP contribution in [0.1, 0.15) is 5.56 Å². The summed E-state index contributed by atoms with van der Waals surface area (Å²) in [6.45, 7) is 1.38. The van der Waals surface area contributed by atoms with Gasteiger partial charge in [-0.2, -0.15) is 0 Å². The van der Waals surface area contributed by atoms with Crippen LogP contribution in [0.25, 0.3) is 6.08 Å². The Morgan fingerprint density at radius 2 is 1.04 bits per heavy atom. The standard InChI is InChI=1S/C10H16N2O8.C8H8/c13-7(14)3-11(4-8(15)16)1-2-12(5-9(17)18)6-10(19)20;1-2-8-6-4-3-5-7-8/h1-6H2,(H,13,14)(H,15,16)(H,17,18)(H,19,20);2-7H,1H2. The van der Waals surface area contributed by atoms with E-state index < -0.39 is 50.1 Å². The third kappa shape index (κ3) is 14.0. The van der Waals surface area contributed by atoms with Crippen LogP contribution in [0, 0.1) is 0 Å². The zero-order valence-electron chi connectivity index (χ0n) is 15.2. The molecule has 10 heteroatoms. The van der Waals surface area contributed by atoms with E-state index in [-0.39, 0.29) is 13.1 Å². The van der Waals surface area contributed by atoms with Gasteiger partial charge in [-0.25, -0.2) is 0 Å². The van der Waals surface area contributed by atoms with Gasteiger partial charge in [-0.05, 0) is 5.56 Å². The van der Waals surface area contributed by atoms with Crippen LogP contribution in [-0.2, 0) is 19.2 Å². The molecule has 0 bridgehead atoms. The molecule has 28 heavy (non-hydrogen) atoms. The van der Waals surface area contributed by atoms with Crippen LogP contribution in [0.4, 0.5) is 0 Å². The number of nitrogens with zero attached hydrogens (tertiary/aromatic N) is 2. The Bertz CT molecular complexity index is 595. The van der Waals surface area contributed by atoms with E-state index in [2.05, 4.69) is 6.58 Å². The summed E-state index contributed by atoms with van der Waals surface area (Å²) in [6, 6.07) is 10.0. The molecular formula is C18H24N2O8. The average molecular weight is 396 g/mol. The number of hydrogen-bond acceptors (Lipinski definition) is 6. The number of hydrogen-bond donors (Lipinski definition) is 4. The second kappa shape index (κ2) is 13.9. The Morgan fingerprint density at radius 3 is 1.25 bits per heavy atom. The smallest absolute Gasteiger partial charge is 0.317 e. The summed E-state index contributed by atoms with van der Waals surface area (Å²) < 4.78 is 0. The molecule has 0 aliphatic rings. The number of rotatable bonds is 12. The Morgan fingerprint density at radius 1 is 0.714 bits per heavy atom. The molecule has 4 N–H and O–H groups in total. The summed E-state index contributed by atoms with van der Waals surface area (Å²) >= 11 is 0. The minimum atomic E-state index is -1.23. The van der Waals surface area contributed by atoms with E-state index in [4.69, 9.17) is 20.4 Å². The number of benzene rings is 1. The maximum Gasteiger partial charge on any atom is 0.317 e. The first-order valence-electron chi connectivity index (χ1n) is 8.13. The van der Waals surface area contributed by atoms with E-state index in [9.17, 15) is 19.2 Å². The van der Waals surface area contributed by atoms with E-state index >= 15 is 0 Å². The Kier molecular flexibility index (Phi) is 12.3. The topological polar surface area (TPSA) is 156 Å². The van der Waals surface area contributed by atoms with Gasteiger partial charge in [-0.1, -0.05) is 43.0 Å². The van der Waals surface area contributed by atoms with Crippen LogP contribution in [0.2, 0.25) is 0 Å². The third-order valence-corrected chi connectivity index (χ3v) is 3.20. The van der Waals surface area contributed by atoms with Crippen LogP contribution in [0.3, 0.4) is 0 Å². The van der Waals surface area contributed by atoms with Crippen molar-refractivity contribution in [3.63, 3.8) is 0 Å². The van der Waals surface area contributed by atoms with Crippen molar-refractivity contribution in [1.29, 1.82) is 0 Å². The SMILES string of the molecule is C=Cc1ccccc1.O=C(O)CN(CCN(CC(=O)O)CC(=O)O)CC(=O)O. The molecule has 0 fully saturated rings. The molecule has 10 nitrogen and oxygen atoms in total. The lowest BCUT2D eigenvalue weighted by atomic mass is 10.2. The Labute approximate surface area is 161 Å². The zero-order chi connectivity index (χ0) is 21.5. The van der Waals surface area contributed by atoms with Gasteiger partial charge >= 0.3 is 23.9 Å². The van der Waals surface area contributed by atoms with Crippen LogP contribution in [0.15, 0.2) is 36.9 Å². The molecule has 0 unspecified atom stereocenters. The van der Waals surface area contributed by atoms with Gasteiger partial charge in [0.15, 0.2) is 0 Å². The molecule has 1 aromatic rings. The zero-order valence-corrected chi connectivity index (χ0v) is 15.2. The normalized spacial score (nSPS) is 10.1. The van der Waals surface area contributed by atoms with E-state index in [1.807, 2.05) is 36.4 Å². The highest BCUT2D eigenvalue weighted by molar-refractivity contribution is 5.73. The van der Waals surface area contributed by atoms with Crippen LogP contribution >= 0.6 is 0 Å². The molecule has 0 atom stereocenters. The number of carbonyl (C=O) groups is 4. The number of aliphatic carboxylic acids is 4. The van der Waals surface area contributed by atoms with Gasteiger partial charge in [-0.3, -0.25) is 29.0 Å². The fourth-order valence-corrected chi connectivity index (χ4v) is 2.07. The molecule has 0 radical (unpaired) electrons. The van der Waals surface area contributed by atoms with Gasteiger partial charge in [0.05, 0.1) is 26.2 Å². The monoisotopic (exact) mass is 396 g/mol. The van der Waals surface area contributed by atoms with Gasteiger partial charge in [0, 0.05) is 13.1 Å². The quantitative estimate of drug-likeness (QED) is 0.386. The van der Waals surface area contributed by atoms with Gasteiger partial charge in [0.25, 0.3) is 0 Å². The van der Waals surface area contributed by atoms with Crippen LogP contribution in [-0.4, -0.2) is 93.4 Å². The highest BCUT2D eigenvalue weighted by Gasteiger charge is 2.17. The Balaban J connectivity index is 0.000000749. The summed E-state index contributed by atoms with van der Waals surface area (Å²) in [5, 5.41) is 34.5. The van der Waals surface area contributed by atoms with Crippen molar-refractivity contribution < 1.29 is 39.6 Å². The van der Waals surface area contributed by atoms with E-state index in [1.54, 1.807) is 0 Å². The second-order valence-electron chi connectivity index (χ2n) is 5.61. The molecule has 0 aliphatic carbocycles. The lowest BCUT2D eigenvalue weighted by Gasteiger charge is -2.23. The number of carboxylic acid groups (broad SMARTS) is 4. The van der Waals surface area contributed by atoms with Crippen molar-refractivity contribution in [1.82, 2.24) is 9.80 Å².